The van der Waals surface area contributed by atoms with E-state index in [0.29, 0.717) is 0 Å². The zero-order valence-electron chi connectivity index (χ0n) is 8.62. The minimum Gasteiger partial charge on any atom is -0.300 e. The van der Waals surface area contributed by atoms with Gasteiger partial charge in [0.1, 0.15) is 0 Å². The summed E-state index contributed by atoms with van der Waals surface area (Å²) in [5.74, 6) is 0. The molecule has 1 nitrogen and oxygen atoms in total. The number of benzene rings is 2. The van der Waals surface area contributed by atoms with Gasteiger partial charge in [-0.25, -0.2) is 0 Å². The van der Waals surface area contributed by atoms with Gasteiger partial charge in [-0.15, -0.1) is 0 Å². The number of nitrogens with zero attached hydrogens (tertiary/aromatic N) is 1. The maximum absolute atomic E-state index is 3.22. The van der Waals surface area contributed by atoms with Gasteiger partial charge in [0.2, 0.25) is 0 Å². The maximum atomic E-state index is 3.22. The molecule has 0 aliphatic rings. The Morgan fingerprint density at radius 2 is 2.00 bits per heavy atom. The molecular weight excluding hydrogens is 182 g/mol. The Morgan fingerprint density at radius 3 is 2.87 bits per heavy atom. The molecule has 0 saturated carbocycles. The number of aromatic nitrogens is 1. The molecule has 3 rings (SSSR count). The summed E-state index contributed by atoms with van der Waals surface area (Å²) < 4.78 is 2.10. The van der Waals surface area contributed by atoms with Gasteiger partial charge in [0.15, 0.2) is 0 Å². The van der Waals surface area contributed by atoms with Crippen LogP contribution in [-0.4, -0.2) is 4.57 Å². The second-order valence-corrected chi connectivity index (χ2v) is 3.66. The molecule has 0 N–H and O–H groups in total. The van der Waals surface area contributed by atoms with Crippen LogP contribution in [0.3, 0.4) is 0 Å². The van der Waals surface area contributed by atoms with Crippen molar-refractivity contribution in [1.29, 1.82) is 0 Å². The van der Waals surface area contributed by atoms with Crippen LogP contribution in [-0.2, 0) is 6.54 Å². The Morgan fingerprint density at radius 1 is 1.13 bits per heavy atom. The highest BCUT2D eigenvalue weighted by atomic mass is 14.9. The second kappa shape index (κ2) is 3.03. The predicted octanol–water partition coefficient (Wildman–Crippen LogP) is 3.41. The van der Waals surface area contributed by atoms with E-state index in [4.69, 9.17) is 0 Å². The summed E-state index contributed by atoms with van der Waals surface area (Å²) >= 11 is 0. The molecule has 0 radical (unpaired) electrons. The van der Waals surface area contributed by atoms with Crippen molar-refractivity contribution in [3.63, 3.8) is 0 Å². The first kappa shape index (κ1) is 8.38. The van der Waals surface area contributed by atoms with Gasteiger partial charge in [0, 0.05) is 12.7 Å². The van der Waals surface area contributed by atoms with Crippen molar-refractivity contribution in [3.8, 4) is 0 Å². The number of rotatable bonds is 1. The quantitative estimate of drug-likeness (QED) is 0.558. The van der Waals surface area contributed by atoms with E-state index in [1.807, 2.05) is 0 Å². The third-order valence-corrected chi connectivity index (χ3v) is 2.83. The lowest BCUT2D eigenvalue weighted by atomic mass is 10.1. The summed E-state index contributed by atoms with van der Waals surface area (Å²) in [6.07, 6.45) is 3.15. The van der Waals surface area contributed by atoms with Crippen molar-refractivity contribution in [2.24, 2.45) is 0 Å². The van der Waals surface area contributed by atoms with Crippen LogP contribution in [0.2, 0.25) is 0 Å². The van der Waals surface area contributed by atoms with Gasteiger partial charge in [-0.2, -0.15) is 0 Å². The van der Waals surface area contributed by atoms with Crippen LogP contribution in [0.1, 0.15) is 6.92 Å². The molecule has 0 bridgehead atoms. The van der Waals surface area contributed by atoms with E-state index >= 15 is 0 Å². The van der Waals surface area contributed by atoms with Crippen molar-refractivity contribution in [3.05, 3.63) is 48.7 Å². The van der Waals surface area contributed by atoms with Gasteiger partial charge in [-0.1, -0.05) is 30.3 Å². The molecule has 72 valence electrons. The fraction of sp³-hybridized carbons (Fsp3) is 0.143. The summed E-state index contributed by atoms with van der Waals surface area (Å²) in [4.78, 5) is 0. The topological polar surface area (TPSA) is 4.93 Å². The molecule has 0 spiro atoms. The van der Waals surface area contributed by atoms with Crippen LogP contribution in [0.25, 0.3) is 21.7 Å². The largest absolute Gasteiger partial charge is 0.300 e. The third-order valence-electron chi connectivity index (χ3n) is 2.83. The molecular formula is C14H11N. The van der Waals surface area contributed by atoms with E-state index in [9.17, 15) is 0 Å². The third kappa shape index (κ3) is 1.12. The van der Waals surface area contributed by atoms with E-state index in [0.717, 1.165) is 6.54 Å². The normalized spacial score (nSPS) is 10.7. The summed E-state index contributed by atoms with van der Waals surface area (Å²) in [5.41, 5.74) is 1.22. The van der Waals surface area contributed by atoms with Gasteiger partial charge in [-0.05, 0) is 29.8 Å². The lowest BCUT2D eigenvalue weighted by Crippen LogP contribution is -1.90. The molecule has 0 aliphatic heterocycles. The van der Waals surface area contributed by atoms with E-state index in [-0.39, 0.29) is 0 Å². The Hall–Kier alpha value is -1.94. The number of fused-ring (bicyclic) bond motifs is 3. The molecule has 1 aromatic heterocycles. The fourth-order valence-corrected chi connectivity index (χ4v) is 2.05. The minimum absolute atomic E-state index is 0.943. The second-order valence-electron chi connectivity index (χ2n) is 3.66. The van der Waals surface area contributed by atoms with Gasteiger partial charge in [-0.3, -0.25) is 0 Å². The van der Waals surface area contributed by atoms with Crippen LogP contribution in [0.4, 0.5) is 0 Å². The molecule has 0 saturated heterocycles. The summed E-state index contributed by atoms with van der Waals surface area (Å²) in [5, 5.41) is 3.71. The minimum atomic E-state index is 0.943. The summed E-state index contributed by atoms with van der Waals surface area (Å²) in [6.45, 7) is 3.07. The number of hydrogen-bond donors (Lipinski definition) is 0. The van der Waals surface area contributed by atoms with Crippen LogP contribution < -0.4 is 0 Å². The lowest BCUT2D eigenvalue weighted by molar-refractivity contribution is 0.798. The van der Waals surface area contributed by atoms with Crippen molar-refractivity contribution in [1.82, 2.24) is 4.57 Å². The first-order chi connectivity index (χ1) is 7.40. The van der Waals surface area contributed by atoms with Crippen LogP contribution in [0.5, 0.6) is 0 Å². The molecule has 3 aromatic rings. The predicted molar refractivity (Wildman–Crippen MR) is 62.8 cm³/mol. The molecule has 0 amide bonds. The van der Waals surface area contributed by atoms with E-state index in [2.05, 4.69) is 60.2 Å². The molecule has 1 heterocycles. The number of aryl methyl sites for hydroxylation is 1. The molecule has 15 heavy (non-hydrogen) atoms. The maximum Gasteiger partial charge on any atom is 0.0652 e. The van der Waals surface area contributed by atoms with Crippen LogP contribution in [0, 0.1) is 12.3 Å². The van der Waals surface area contributed by atoms with Crippen molar-refractivity contribution >= 4 is 21.7 Å². The Labute approximate surface area is 88.9 Å². The standard InChI is InChI=1S/C14H11N/c1-2-15-10-9-13-12-6-4-3-5-11(12)7-8-14(13)15/h3-8H,2H2,1H3. The van der Waals surface area contributed by atoms with Gasteiger partial charge in [0.25, 0.3) is 0 Å². The highest BCUT2D eigenvalue weighted by molar-refractivity contribution is 6.05. The summed E-state index contributed by atoms with van der Waals surface area (Å²) in [6, 6.07) is 15.9. The smallest absolute Gasteiger partial charge is 0.0652 e. The van der Waals surface area contributed by atoms with E-state index in [1.54, 1.807) is 0 Å². The zero-order chi connectivity index (χ0) is 10.3. The summed E-state index contributed by atoms with van der Waals surface area (Å²) in [7, 11) is 0. The molecule has 0 aliphatic carbocycles. The fourth-order valence-electron chi connectivity index (χ4n) is 2.05. The molecule has 2 aromatic carbocycles. The van der Waals surface area contributed by atoms with Crippen LogP contribution in [0.15, 0.2) is 36.4 Å². The SMILES string of the molecule is CCn1c#cc2c3ccccc3ccc21. The van der Waals surface area contributed by atoms with E-state index in [1.165, 1.54) is 21.7 Å². The first-order valence-electron chi connectivity index (χ1n) is 5.21. The first-order valence-corrected chi connectivity index (χ1v) is 5.21. The number of hydrogen-bond acceptors (Lipinski definition) is 0. The lowest BCUT2D eigenvalue weighted by Gasteiger charge is -2.01. The van der Waals surface area contributed by atoms with E-state index < -0.39 is 0 Å². The van der Waals surface area contributed by atoms with Gasteiger partial charge < -0.3 is 4.57 Å². The van der Waals surface area contributed by atoms with Crippen LogP contribution >= 0.6 is 0 Å². The van der Waals surface area contributed by atoms with Crippen molar-refractivity contribution in [2.75, 3.05) is 0 Å². The van der Waals surface area contributed by atoms with Gasteiger partial charge >= 0.3 is 0 Å². The molecule has 0 atom stereocenters. The highest BCUT2D eigenvalue weighted by Crippen LogP contribution is 2.23. The molecule has 1 heteroatoms. The Balaban J connectivity index is 2.50. The van der Waals surface area contributed by atoms with Crippen molar-refractivity contribution in [2.45, 2.75) is 13.5 Å². The highest BCUT2D eigenvalue weighted by Gasteiger charge is 2.02. The zero-order valence-corrected chi connectivity index (χ0v) is 8.62. The average molecular weight is 193 g/mol. The molecule has 0 unspecified atom stereocenters. The molecule has 0 fully saturated rings. The Bertz CT molecular complexity index is 619. The van der Waals surface area contributed by atoms with Gasteiger partial charge in [0.05, 0.1) is 10.9 Å². The average Bonchev–Trinajstić information content (AvgIpc) is 2.72. The van der Waals surface area contributed by atoms with Crippen molar-refractivity contribution < 1.29 is 0 Å². The Kier molecular flexibility index (Phi) is 1.69. The monoisotopic (exact) mass is 193 g/mol.